The molecule has 0 bridgehead atoms. The molecule has 0 saturated heterocycles. The average molecular weight is 248 g/mol. The molecule has 1 aromatic rings. The highest BCUT2D eigenvalue weighted by atomic mass is 79.9. The van der Waals surface area contributed by atoms with Crippen LogP contribution in [0.3, 0.4) is 0 Å². The first-order valence-corrected chi connectivity index (χ1v) is 4.66. The summed E-state index contributed by atoms with van der Waals surface area (Å²) in [6.45, 7) is 0.345. The molecule has 0 aromatic heterocycles. The lowest BCUT2D eigenvalue weighted by Crippen LogP contribution is -2.14. The van der Waals surface area contributed by atoms with Crippen molar-refractivity contribution in [1.29, 1.82) is 0 Å². The molecule has 0 amide bonds. The molecule has 1 rings (SSSR count). The van der Waals surface area contributed by atoms with Crippen molar-refractivity contribution < 1.29 is 9.13 Å². The summed E-state index contributed by atoms with van der Waals surface area (Å²) < 4.78 is 18.6. The third-order valence-corrected chi connectivity index (χ3v) is 2.46. The number of hydrogen-bond donors (Lipinski definition) is 1. The van der Waals surface area contributed by atoms with Gasteiger partial charge in [0.1, 0.15) is 5.82 Å². The molecule has 4 heteroatoms. The van der Waals surface area contributed by atoms with Gasteiger partial charge in [0.2, 0.25) is 0 Å². The smallest absolute Gasteiger partial charge is 0.137 e. The summed E-state index contributed by atoms with van der Waals surface area (Å²) in [7, 11) is 1.55. The summed E-state index contributed by atoms with van der Waals surface area (Å²) in [6.07, 6.45) is -0.234. The molecule has 0 aliphatic carbocycles. The second kappa shape index (κ2) is 4.69. The molecule has 0 radical (unpaired) electrons. The maximum absolute atomic E-state index is 13.1. The second-order valence-corrected chi connectivity index (χ2v) is 3.49. The van der Waals surface area contributed by atoms with E-state index in [4.69, 9.17) is 10.5 Å². The summed E-state index contributed by atoms with van der Waals surface area (Å²) in [5, 5.41) is 0. The first kappa shape index (κ1) is 10.6. The predicted molar refractivity (Wildman–Crippen MR) is 52.9 cm³/mol. The molecule has 0 aliphatic heterocycles. The van der Waals surface area contributed by atoms with Gasteiger partial charge in [0, 0.05) is 13.7 Å². The van der Waals surface area contributed by atoms with E-state index >= 15 is 0 Å². The predicted octanol–water partition coefficient (Wildman–Crippen LogP) is 2.23. The van der Waals surface area contributed by atoms with Gasteiger partial charge in [0.25, 0.3) is 0 Å². The molecule has 72 valence electrons. The Bertz CT molecular complexity index is 289. The van der Waals surface area contributed by atoms with Crippen molar-refractivity contribution in [3.63, 3.8) is 0 Å². The topological polar surface area (TPSA) is 35.2 Å². The van der Waals surface area contributed by atoms with E-state index in [0.29, 0.717) is 11.0 Å². The summed E-state index contributed by atoms with van der Waals surface area (Å²) >= 11 is 3.08. The Balaban J connectivity index is 2.95. The highest BCUT2D eigenvalue weighted by molar-refractivity contribution is 9.10. The third kappa shape index (κ3) is 2.49. The van der Waals surface area contributed by atoms with Gasteiger partial charge in [-0.15, -0.1) is 0 Å². The van der Waals surface area contributed by atoms with Crippen LogP contribution in [0.1, 0.15) is 11.7 Å². The molecule has 1 aromatic carbocycles. The molecule has 2 N–H and O–H groups in total. The molecule has 1 unspecified atom stereocenters. The van der Waals surface area contributed by atoms with Crippen LogP contribution in [0.2, 0.25) is 0 Å². The zero-order valence-electron chi connectivity index (χ0n) is 7.26. The quantitative estimate of drug-likeness (QED) is 0.890. The number of nitrogens with two attached hydrogens (primary N) is 1. The Morgan fingerprint density at radius 2 is 2.31 bits per heavy atom. The van der Waals surface area contributed by atoms with Crippen molar-refractivity contribution >= 4 is 15.9 Å². The Labute approximate surface area is 85.0 Å². The number of hydrogen-bond acceptors (Lipinski definition) is 2. The zero-order chi connectivity index (χ0) is 9.84. The summed E-state index contributed by atoms with van der Waals surface area (Å²) in [6, 6.07) is 4.85. The van der Waals surface area contributed by atoms with Crippen LogP contribution in [-0.4, -0.2) is 13.7 Å². The van der Waals surface area contributed by atoms with Crippen LogP contribution in [0.25, 0.3) is 0 Å². The SMILES string of the molecule is COC(CN)c1ccc(Br)c(F)c1. The summed E-state index contributed by atoms with van der Waals surface area (Å²) in [4.78, 5) is 0. The van der Waals surface area contributed by atoms with E-state index in [-0.39, 0.29) is 11.9 Å². The van der Waals surface area contributed by atoms with Gasteiger partial charge in [-0.25, -0.2) is 4.39 Å². The van der Waals surface area contributed by atoms with Crippen LogP contribution in [0.15, 0.2) is 22.7 Å². The molecule has 0 fully saturated rings. The minimum atomic E-state index is -0.298. The number of rotatable bonds is 3. The first-order valence-electron chi connectivity index (χ1n) is 3.87. The zero-order valence-corrected chi connectivity index (χ0v) is 8.84. The van der Waals surface area contributed by atoms with Gasteiger partial charge in [-0.1, -0.05) is 6.07 Å². The van der Waals surface area contributed by atoms with Gasteiger partial charge >= 0.3 is 0 Å². The number of halogens is 2. The van der Waals surface area contributed by atoms with E-state index < -0.39 is 0 Å². The fourth-order valence-corrected chi connectivity index (χ4v) is 1.33. The molecule has 0 saturated carbocycles. The van der Waals surface area contributed by atoms with Gasteiger partial charge in [0.15, 0.2) is 0 Å². The maximum Gasteiger partial charge on any atom is 0.137 e. The van der Waals surface area contributed by atoms with Crippen LogP contribution in [0, 0.1) is 5.82 Å². The van der Waals surface area contributed by atoms with Crippen molar-refractivity contribution in [3.05, 3.63) is 34.1 Å². The normalized spacial score (nSPS) is 12.9. The van der Waals surface area contributed by atoms with Crippen LogP contribution in [0.4, 0.5) is 4.39 Å². The third-order valence-electron chi connectivity index (χ3n) is 1.81. The highest BCUT2D eigenvalue weighted by Gasteiger charge is 2.09. The van der Waals surface area contributed by atoms with Crippen LogP contribution >= 0.6 is 15.9 Å². The standard InChI is InChI=1S/C9H11BrFNO/c1-13-9(5-12)6-2-3-7(10)8(11)4-6/h2-4,9H,5,12H2,1H3. The fraction of sp³-hybridized carbons (Fsp3) is 0.333. The lowest BCUT2D eigenvalue weighted by atomic mass is 10.1. The van der Waals surface area contributed by atoms with Crippen LogP contribution in [0.5, 0.6) is 0 Å². The monoisotopic (exact) mass is 247 g/mol. The number of ether oxygens (including phenoxy) is 1. The molecule has 0 heterocycles. The maximum atomic E-state index is 13.1. The Morgan fingerprint density at radius 1 is 1.62 bits per heavy atom. The lowest BCUT2D eigenvalue weighted by Gasteiger charge is -2.13. The molecule has 13 heavy (non-hydrogen) atoms. The van der Waals surface area contributed by atoms with Gasteiger partial charge in [0.05, 0.1) is 10.6 Å². The van der Waals surface area contributed by atoms with Crippen molar-refractivity contribution in [2.75, 3.05) is 13.7 Å². The Hall–Kier alpha value is -0.450. The highest BCUT2D eigenvalue weighted by Crippen LogP contribution is 2.21. The molecular weight excluding hydrogens is 237 g/mol. The number of methoxy groups -OCH3 is 1. The van der Waals surface area contributed by atoms with Crippen molar-refractivity contribution in [2.45, 2.75) is 6.10 Å². The van der Waals surface area contributed by atoms with E-state index in [0.717, 1.165) is 5.56 Å². The molecule has 0 spiro atoms. The largest absolute Gasteiger partial charge is 0.375 e. The molecular formula is C9H11BrFNO. The molecule has 2 nitrogen and oxygen atoms in total. The van der Waals surface area contributed by atoms with E-state index in [2.05, 4.69) is 15.9 Å². The molecule has 1 atom stereocenters. The minimum absolute atomic E-state index is 0.234. The fourth-order valence-electron chi connectivity index (χ4n) is 1.08. The average Bonchev–Trinajstić information content (AvgIpc) is 2.13. The summed E-state index contributed by atoms with van der Waals surface area (Å²) in [5.41, 5.74) is 6.20. The Kier molecular flexibility index (Phi) is 3.84. The number of benzene rings is 1. The van der Waals surface area contributed by atoms with Gasteiger partial charge < -0.3 is 10.5 Å². The first-order chi connectivity index (χ1) is 6.19. The van der Waals surface area contributed by atoms with E-state index in [1.165, 1.54) is 6.07 Å². The molecule has 0 aliphatic rings. The van der Waals surface area contributed by atoms with Gasteiger partial charge in [-0.05, 0) is 33.6 Å². The van der Waals surface area contributed by atoms with Crippen molar-refractivity contribution in [1.82, 2.24) is 0 Å². The second-order valence-electron chi connectivity index (χ2n) is 2.63. The Morgan fingerprint density at radius 3 is 2.77 bits per heavy atom. The van der Waals surface area contributed by atoms with Crippen LogP contribution < -0.4 is 5.73 Å². The summed E-state index contributed by atoms with van der Waals surface area (Å²) in [5.74, 6) is -0.298. The van der Waals surface area contributed by atoms with E-state index in [1.807, 2.05) is 0 Å². The minimum Gasteiger partial charge on any atom is -0.375 e. The van der Waals surface area contributed by atoms with Crippen molar-refractivity contribution in [2.24, 2.45) is 5.73 Å². The van der Waals surface area contributed by atoms with Crippen molar-refractivity contribution in [3.8, 4) is 0 Å². The van der Waals surface area contributed by atoms with Crippen LogP contribution in [-0.2, 0) is 4.74 Å². The van der Waals surface area contributed by atoms with Gasteiger partial charge in [-0.2, -0.15) is 0 Å². The van der Waals surface area contributed by atoms with E-state index in [9.17, 15) is 4.39 Å². The van der Waals surface area contributed by atoms with E-state index in [1.54, 1.807) is 19.2 Å². The van der Waals surface area contributed by atoms with Gasteiger partial charge in [-0.3, -0.25) is 0 Å². The lowest BCUT2D eigenvalue weighted by molar-refractivity contribution is 0.110.